The molecule has 1 heterocycles. The Kier molecular flexibility index (Phi) is 7.19. The van der Waals surface area contributed by atoms with E-state index in [0.29, 0.717) is 0 Å². The molecule has 3 rings (SSSR count). The van der Waals surface area contributed by atoms with E-state index in [0.717, 1.165) is 4.90 Å². The molecule has 0 aromatic heterocycles. The third kappa shape index (κ3) is 4.41. The van der Waals surface area contributed by atoms with Crippen LogP contribution >= 0.6 is 67.8 Å². The van der Waals surface area contributed by atoms with E-state index in [4.69, 9.17) is 0 Å². The summed E-state index contributed by atoms with van der Waals surface area (Å²) in [5.41, 5.74) is 0.145. The number of nitrogens with one attached hydrogen (secondary N) is 1. The molecule has 0 radical (unpaired) electrons. The van der Waals surface area contributed by atoms with Crippen LogP contribution in [0.2, 0.25) is 0 Å². The molecule has 0 fully saturated rings. The molecule has 1 aliphatic rings. The van der Waals surface area contributed by atoms with Crippen molar-refractivity contribution in [1.29, 1.82) is 0 Å². The molecule has 0 saturated heterocycles. The molecule has 0 bridgehead atoms. The maximum absolute atomic E-state index is 12.5. The zero-order valence-electron chi connectivity index (χ0n) is 15.2. The normalized spacial score (nSPS) is 12.7. The number of carbonyl (C=O) groups excluding carboxylic acids is 3. The lowest BCUT2D eigenvalue weighted by Crippen LogP contribution is -2.33. The Morgan fingerprint density at radius 3 is 1.71 bits per heavy atom. The molecule has 160 valence electrons. The van der Waals surface area contributed by atoms with E-state index in [9.17, 15) is 34.2 Å². The Morgan fingerprint density at radius 2 is 1.29 bits per heavy atom. The highest BCUT2D eigenvalue weighted by Gasteiger charge is 2.35. The number of imide groups is 1. The lowest BCUT2D eigenvalue weighted by atomic mass is 10.1. The number of aromatic carboxylic acids is 2. The van der Waals surface area contributed by atoms with Crippen molar-refractivity contribution in [2.75, 3.05) is 11.9 Å². The molecule has 2 aromatic rings. The summed E-state index contributed by atoms with van der Waals surface area (Å²) in [5.74, 6) is -4.23. The van der Waals surface area contributed by atoms with Gasteiger partial charge in [0.25, 0.3) is 11.8 Å². The van der Waals surface area contributed by atoms with Gasteiger partial charge in [-0.25, -0.2) is 9.59 Å². The molecule has 0 atom stereocenters. The maximum Gasteiger partial charge on any atom is 0.337 e. The van der Waals surface area contributed by atoms with Gasteiger partial charge < -0.3 is 15.5 Å². The lowest BCUT2D eigenvalue weighted by molar-refractivity contribution is -0.116. The third-order valence-electron chi connectivity index (χ3n) is 4.45. The van der Waals surface area contributed by atoms with E-state index in [-0.39, 0.29) is 51.6 Å². The molecule has 0 unspecified atom stereocenters. The molecule has 0 saturated carbocycles. The van der Waals surface area contributed by atoms with Gasteiger partial charge >= 0.3 is 11.9 Å². The van der Waals surface area contributed by atoms with Crippen molar-refractivity contribution in [2.45, 2.75) is 6.42 Å². The van der Waals surface area contributed by atoms with Crippen molar-refractivity contribution in [2.24, 2.45) is 0 Å². The van der Waals surface area contributed by atoms with Gasteiger partial charge in [0.05, 0.1) is 35.1 Å². The molecular formula is C19H11I3N2O7. The SMILES string of the molecule is O=C(CCN1C(=O)c2ccccc2C1=O)Nc1c(I)c(C(=O)O)c(I)c(C(=O)O)c1I. The van der Waals surface area contributed by atoms with Crippen LogP contribution in [0.15, 0.2) is 24.3 Å². The largest absolute Gasteiger partial charge is 0.478 e. The van der Waals surface area contributed by atoms with Gasteiger partial charge in [-0.2, -0.15) is 0 Å². The van der Waals surface area contributed by atoms with E-state index >= 15 is 0 Å². The standard InChI is InChI=1S/C19H11I3N2O7/c20-12-10(18(28)29)13(21)15(14(22)11(12)19(30)31)23-9(25)5-6-24-16(26)7-3-1-2-4-8(7)17(24)27/h1-4H,5-6H2,(H,23,25)(H,28,29)(H,30,31). The minimum absolute atomic E-state index is 0.0513. The average molecular weight is 760 g/mol. The van der Waals surface area contributed by atoms with Crippen LogP contribution in [-0.2, 0) is 4.79 Å². The summed E-state index contributed by atoms with van der Waals surface area (Å²) in [6.07, 6.45) is -0.242. The number of hydrogen-bond donors (Lipinski definition) is 3. The molecule has 3 amide bonds. The number of carbonyl (C=O) groups is 5. The quantitative estimate of drug-likeness (QED) is 0.303. The maximum atomic E-state index is 12.5. The molecule has 3 N–H and O–H groups in total. The molecule has 2 aromatic carbocycles. The van der Waals surface area contributed by atoms with Crippen molar-refractivity contribution in [3.05, 3.63) is 57.2 Å². The number of nitrogens with zero attached hydrogens (tertiary/aromatic N) is 1. The second-order valence-corrected chi connectivity index (χ2v) is 9.52. The number of rotatable bonds is 6. The molecule has 0 spiro atoms. The number of fused-ring (bicyclic) bond motifs is 1. The number of amides is 3. The summed E-state index contributed by atoms with van der Waals surface area (Å²) >= 11 is 5.13. The first-order chi connectivity index (χ1) is 14.6. The fraction of sp³-hybridized carbons (Fsp3) is 0.105. The Bertz CT molecular complexity index is 1100. The summed E-state index contributed by atoms with van der Waals surface area (Å²) in [5, 5.41) is 21.5. The van der Waals surface area contributed by atoms with E-state index in [2.05, 4.69) is 5.32 Å². The fourth-order valence-corrected chi connectivity index (χ4v) is 7.37. The summed E-state index contributed by atoms with van der Waals surface area (Å²) in [6.45, 7) is -0.173. The van der Waals surface area contributed by atoms with Gasteiger partial charge in [-0.15, -0.1) is 0 Å². The predicted octanol–water partition coefficient (Wildman–Crippen LogP) is 3.52. The highest BCUT2D eigenvalue weighted by Crippen LogP contribution is 2.36. The minimum Gasteiger partial charge on any atom is -0.478 e. The Hall–Kier alpha value is -1.82. The van der Waals surface area contributed by atoms with Gasteiger partial charge in [0.15, 0.2) is 0 Å². The van der Waals surface area contributed by atoms with Crippen LogP contribution in [0.25, 0.3) is 0 Å². The monoisotopic (exact) mass is 760 g/mol. The van der Waals surface area contributed by atoms with Gasteiger partial charge in [0.1, 0.15) is 0 Å². The first kappa shape index (κ1) is 23.8. The Labute approximate surface area is 216 Å². The smallest absolute Gasteiger partial charge is 0.337 e. The number of hydrogen-bond acceptors (Lipinski definition) is 5. The summed E-state index contributed by atoms with van der Waals surface area (Å²) in [7, 11) is 0. The first-order valence-electron chi connectivity index (χ1n) is 8.48. The topological polar surface area (TPSA) is 141 Å². The molecule has 31 heavy (non-hydrogen) atoms. The van der Waals surface area contributed by atoms with Crippen LogP contribution in [0.1, 0.15) is 47.9 Å². The van der Waals surface area contributed by atoms with Crippen molar-refractivity contribution in [3.8, 4) is 0 Å². The lowest BCUT2D eigenvalue weighted by Gasteiger charge is -2.17. The molecular weight excluding hydrogens is 749 g/mol. The van der Waals surface area contributed by atoms with Crippen LogP contribution in [0, 0.1) is 10.7 Å². The number of halogens is 3. The van der Waals surface area contributed by atoms with E-state index < -0.39 is 29.7 Å². The molecule has 0 aliphatic carbocycles. The highest BCUT2D eigenvalue weighted by molar-refractivity contribution is 14.1. The number of anilines is 1. The average Bonchev–Trinajstić information content (AvgIpc) is 2.93. The van der Waals surface area contributed by atoms with Crippen LogP contribution in [-0.4, -0.2) is 51.3 Å². The zero-order valence-corrected chi connectivity index (χ0v) is 21.7. The number of carboxylic acids is 2. The van der Waals surface area contributed by atoms with E-state index in [1.54, 1.807) is 79.9 Å². The Balaban J connectivity index is 1.83. The van der Waals surface area contributed by atoms with Crippen LogP contribution < -0.4 is 5.32 Å². The van der Waals surface area contributed by atoms with Crippen molar-refractivity contribution >= 4 is 103 Å². The summed E-state index contributed by atoms with van der Waals surface area (Å²) < 4.78 is 0.409. The Morgan fingerprint density at radius 1 is 0.839 bits per heavy atom. The van der Waals surface area contributed by atoms with E-state index in [1.807, 2.05) is 0 Å². The molecule has 9 nitrogen and oxygen atoms in total. The summed E-state index contributed by atoms with van der Waals surface area (Å²) in [6, 6.07) is 6.35. The van der Waals surface area contributed by atoms with Crippen molar-refractivity contribution in [1.82, 2.24) is 4.90 Å². The zero-order chi connectivity index (χ0) is 23.0. The van der Waals surface area contributed by atoms with Gasteiger partial charge in [-0.1, -0.05) is 12.1 Å². The fourth-order valence-electron chi connectivity index (χ4n) is 3.01. The van der Waals surface area contributed by atoms with Gasteiger partial charge in [-0.05, 0) is 79.9 Å². The minimum atomic E-state index is -1.32. The van der Waals surface area contributed by atoms with E-state index in [1.165, 1.54) is 12.1 Å². The van der Waals surface area contributed by atoms with Crippen molar-refractivity contribution in [3.63, 3.8) is 0 Å². The summed E-state index contributed by atoms with van der Waals surface area (Å²) in [4.78, 5) is 61.6. The number of carboxylic acid groups (broad SMARTS) is 2. The van der Waals surface area contributed by atoms with Crippen LogP contribution in [0.5, 0.6) is 0 Å². The third-order valence-corrected chi connectivity index (χ3v) is 7.69. The van der Waals surface area contributed by atoms with Crippen LogP contribution in [0.4, 0.5) is 5.69 Å². The van der Waals surface area contributed by atoms with Gasteiger partial charge in [0, 0.05) is 16.5 Å². The van der Waals surface area contributed by atoms with Gasteiger partial charge in [0.2, 0.25) is 5.91 Å². The second kappa shape index (κ2) is 9.35. The van der Waals surface area contributed by atoms with Gasteiger partial charge in [-0.3, -0.25) is 19.3 Å². The van der Waals surface area contributed by atoms with Crippen molar-refractivity contribution < 1.29 is 34.2 Å². The van der Waals surface area contributed by atoms with Crippen LogP contribution in [0.3, 0.4) is 0 Å². The highest BCUT2D eigenvalue weighted by atomic mass is 127. The molecule has 1 aliphatic heterocycles. The first-order valence-corrected chi connectivity index (χ1v) is 11.7. The number of benzene rings is 2. The predicted molar refractivity (Wildman–Crippen MR) is 134 cm³/mol. The second-order valence-electron chi connectivity index (χ2n) is 6.28. The molecule has 12 heteroatoms.